The quantitative estimate of drug-likeness (QED) is 0.336. The fourth-order valence-electron chi connectivity index (χ4n) is 4.05. The monoisotopic (exact) mass is 492 g/mol. The minimum atomic E-state index is -0.512. The van der Waals surface area contributed by atoms with Crippen LogP contribution in [0.1, 0.15) is 30.0 Å². The Morgan fingerprint density at radius 1 is 0.914 bits per heavy atom. The van der Waals surface area contributed by atoms with E-state index in [0.717, 1.165) is 5.56 Å². The molecule has 2 heterocycles. The summed E-state index contributed by atoms with van der Waals surface area (Å²) in [5, 5.41) is 7.73. The van der Waals surface area contributed by atoms with Crippen molar-refractivity contribution in [2.45, 2.75) is 19.9 Å². The van der Waals surface area contributed by atoms with Crippen molar-refractivity contribution in [3.63, 3.8) is 0 Å². The highest BCUT2D eigenvalue weighted by atomic mass is 32.1. The minimum absolute atomic E-state index is 0.218. The van der Waals surface area contributed by atoms with Crippen molar-refractivity contribution in [1.29, 1.82) is 0 Å². The first-order chi connectivity index (χ1) is 16.8. The third-order valence-electron chi connectivity index (χ3n) is 5.85. The van der Waals surface area contributed by atoms with Crippen LogP contribution in [0.4, 0.5) is 18.9 Å². The van der Waals surface area contributed by atoms with E-state index in [2.05, 4.69) is 15.5 Å². The molecule has 0 fully saturated rings. The van der Waals surface area contributed by atoms with Gasteiger partial charge in [-0.25, -0.2) is 13.2 Å². The molecule has 1 atom stereocenters. The van der Waals surface area contributed by atoms with Crippen LogP contribution in [-0.2, 0) is 0 Å². The van der Waals surface area contributed by atoms with Gasteiger partial charge in [-0.15, -0.1) is 0 Å². The second kappa shape index (κ2) is 8.99. The van der Waals surface area contributed by atoms with Crippen molar-refractivity contribution in [3.8, 4) is 11.4 Å². The molecule has 4 aromatic rings. The zero-order valence-corrected chi connectivity index (χ0v) is 19.5. The summed E-state index contributed by atoms with van der Waals surface area (Å²) in [7, 11) is 0. The highest BCUT2D eigenvalue weighted by Gasteiger charge is 2.35. The summed E-state index contributed by atoms with van der Waals surface area (Å²) in [5.41, 5.74) is 3.75. The number of rotatable bonds is 4. The molecule has 0 saturated carbocycles. The number of hydrogen-bond donors (Lipinski definition) is 1. The van der Waals surface area contributed by atoms with Gasteiger partial charge >= 0.3 is 0 Å². The van der Waals surface area contributed by atoms with E-state index >= 15 is 0 Å². The minimum Gasteiger partial charge on any atom is -0.351 e. The number of allylic oxidation sites excluding steroid dienone is 1. The molecule has 176 valence electrons. The lowest BCUT2D eigenvalue weighted by molar-refractivity contribution is 0.404. The number of aromatic nitrogens is 2. The summed E-state index contributed by atoms with van der Waals surface area (Å²) in [6.07, 6.45) is 0. The second-order valence-electron chi connectivity index (χ2n) is 8.13. The first-order valence-electron chi connectivity index (χ1n) is 10.7. The van der Waals surface area contributed by atoms with Crippen LogP contribution in [0.25, 0.3) is 17.0 Å². The Balaban J connectivity index is 1.65. The number of thiocarbonyl (C=S) groups is 1. The molecule has 9 heteroatoms. The number of hydrogen-bond acceptors (Lipinski definition) is 4. The molecule has 35 heavy (non-hydrogen) atoms. The molecule has 0 bridgehead atoms. The molecule has 0 amide bonds. The van der Waals surface area contributed by atoms with Gasteiger partial charge in [0.1, 0.15) is 17.5 Å². The molecule has 3 aromatic carbocycles. The van der Waals surface area contributed by atoms with Crippen molar-refractivity contribution in [3.05, 3.63) is 107 Å². The largest absolute Gasteiger partial charge is 0.351 e. The second-order valence-corrected chi connectivity index (χ2v) is 8.52. The summed E-state index contributed by atoms with van der Waals surface area (Å²) < 4.78 is 46.6. The lowest BCUT2D eigenvalue weighted by Crippen LogP contribution is -2.46. The van der Waals surface area contributed by atoms with Gasteiger partial charge in [0, 0.05) is 16.9 Å². The molecule has 1 aliphatic heterocycles. The molecule has 0 aliphatic carbocycles. The summed E-state index contributed by atoms with van der Waals surface area (Å²) in [4.78, 5) is 6.32. The van der Waals surface area contributed by atoms with E-state index in [1.54, 1.807) is 48.2 Å². The van der Waals surface area contributed by atoms with Crippen LogP contribution >= 0.6 is 12.2 Å². The predicted molar refractivity (Wildman–Crippen MR) is 131 cm³/mol. The maximum atomic E-state index is 13.9. The van der Waals surface area contributed by atoms with Gasteiger partial charge in [0.2, 0.25) is 5.82 Å². The Morgan fingerprint density at radius 2 is 1.57 bits per heavy atom. The van der Waals surface area contributed by atoms with E-state index in [1.807, 2.05) is 6.92 Å². The number of halogens is 3. The van der Waals surface area contributed by atoms with Crippen molar-refractivity contribution >= 4 is 28.6 Å². The zero-order chi connectivity index (χ0) is 24.7. The average molecular weight is 493 g/mol. The van der Waals surface area contributed by atoms with Crippen LogP contribution in [-0.4, -0.2) is 15.3 Å². The molecule has 1 unspecified atom stereocenters. The van der Waals surface area contributed by atoms with Gasteiger partial charge < -0.3 is 9.84 Å². The van der Waals surface area contributed by atoms with Crippen molar-refractivity contribution < 1.29 is 17.7 Å². The highest BCUT2D eigenvalue weighted by molar-refractivity contribution is 7.80. The Kier molecular flexibility index (Phi) is 5.86. The zero-order valence-electron chi connectivity index (χ0n) is 18.7. The predicted octanol–water partition coefficient (Wildman–Crippen LogP) is 6.33. The van der Waals surface area contributed by atoms with Gasteiger partial charge in [-0.1, -0.05) is 17.3 Å². The van der Waals surface area contributed by atoms with E-state index in [1.165, 1.54) is 30.3 Å². The maximum Gasteiger partial charge on any atom is 0.258 e. The smallest absolute Gasteiger partial charge is 0.258 e. The van der Waals surface area contributed by atoms with Gasteiger partial charge in [0.05, 0.1) is 11.6 Å². The van der Waals surface area contributed by atoms with Crippen LogP contribution in [0, 0.1) is 24.4 Å². The summed E-state index contributed by atoms with van der Waals surface area (Å²) in [6, 6.07) is 16.0. The Bertz CT molecular complexity index is 1450. The molecule has 0 saturated heterocycles. The van der Waals surface area contributed by atoms with E-state index in [4.69, 9.17) is 16.7 Å². The van der Waals surface area contributed by atoms with Crippen molar-refractivity contribution in [1.82, 2.24) is 15.5 Å². The van der Waals surface area contributed by atoms with Crippen LogP contribution < -0.4 is 10.2 Å². The molecule has 5 rings (SSSR count). The lowest BCUT2D eigenvalue weighted by Gasteiger charge is -2.37. The van der Waals surface area contributed by atoms with Crippen LogP contribution in [0.2, 0.25) is 0 Å². The van der Waals surface area contributed by atoms with Crippen LogP contribution in [0.15, 0.2) is 77.0 Å². The lowest BCUT2D eigenvalue weighted by atomic mass is 9.94. The molecule has 5 nitrogen and oxygen atoms in total. The number of nitrogens with one attached hydrogen (secondary N) is 1. The topological polar surface area (TPSA) is 54.2 Å². The Labute approximate surface area is 204 Å². The molecule has 0 spiro atoms. The third-order valence-corrected chi connectivity index (χ3v) is 6.15. The summed E-state index contributed by atoms with van der Waals surface area (Å²) in [5.74, 6) is -0.557. The van der Waals surface area contributed by atoms with E-state index in [-0.39, 0.29) is 29.2 Å². The molecule has 1 N–H and O–H groups in total. The number of anilines is 1. The van der Waals surface area contributed by atoms with Gasteiger partial charge in [-0.05, 0) is 91.8 Å². The fraction of sp³-hybridized carbons (Fsp3) is 0.115. The Hall–Kier alpha value is -3.98. The molecule has 0 radical (unpaired) electrons. The fourth-order valence-corrected chi connectivity index (χ4v) is 4.41. The van der Waals surface area contributed by atoms with Gasteiger partial charge in [-0.3, -0.25) is 4.90 Å². The SMILES string of the molecule is CC1=C(c2nc(-c3ccc(F)cc3)no2)C(c2ccc(F)cc2)NC(=S)N1c1ccc(F)c(C)c1. The molecule has 1 aromatic heterocycles. The molecule has 1 aliphatic rings. The molecular formula is C26H19F3N4OS. The van der Waals surface area contributed by atoms with Crippen LogP contribution in [0.5, 0.6) is 0 Å². The number of benzene rings is 3. The first-order valence-corrected chi connectivity index (χ1v) is 11.2. The molecular weight excluding hydrogens is 473 g/mol. The van der Waals surface area contributed by atoms with Crippen LogP contribution in [0.3, 0.4) is 0 Å². The third kappa shape index (κ3) is 4.30. The Morgan fingerprint density at radius 3 is 2.23 bits per heavy atom. The standard InChI is InChI=1S/C26H19F3N4OS/c1-14-13-20(11-12-21(14)29)33-15(2)22(23(30-26(33)35)16-3-7-18(27)8-4-16)25-31-24(32-34-25)17-5-9-19(28)10-6-17/h3-13,23H,1-2H3,(H,30,35). The number of nitrogens with zero attached hydrogens (tertiary/aromatic N) is 3. The van der Waals surface area contributed by atoms with E-state index in [9.17, 15) is 13.2 Å². The van der Waals surface area contributed by atoms with Crippen molar-refractivity contribution in [2.75, 3.05) is 4.90 Å². The summed E-state index contributed by atoms with van der Waals surface area (Å²) >= 11 is 5.67. The van der Waals surface area contributed by atoms with Gasteiger partial charge in [-0.2, -0.15) is 4.98 Å². The van der Waals surface area contributed by atoms with E-state index in [0.29, 0.717) is 33.2 Å². The normalized spacial score (nSPS) is 16.0. The first kappa shape index (κ1) is 22.8. The van der Waals surface area contributed by atoms with Crippen molar-refractivity contribution in [2.24, 2.45) is 0 Å². The van der Waals surface area contributed by atoms with Gasteiger partial charge in [0.15, 0.2) is 5.11 Å². The average Bonchev–Trinajstić information content (AvgIpc) is 3.31. The summed E-state index contributed by atoms with van der Waals surface area (Å²) in [6.45, 7) is 3.52. The van der Waals surface area contributed by atoms with Gasteiger partial charge in [0.25, 0.3) is 5.89 Å². The van der Waals surface area contributed by atoms with E-state index < -0.39 is 6.04 Å². The maximum absolute atomic E-state index is 13.9. The number of aryl methyl sites for hydroxylation is 1. The highest BCUT2D eigenvalue weighted by Crippen LogP contribution is 2.39.